The first-order valence-corrected chi connectivity index (χ1v) is 9.64. The Labute approximate surface area is 174 Å². The molecule has 7 nitrogen and oxygen atoms in total. The van der Waals surface area contributed by atoms with E-state index in [0.29, 0.717) is 16.7 Å². The predicted octanol–water partition coefficient (Wildman–Crippen LogP) is 4.09. The number of hydrogen-bond donors (Lipinski definition) is 1. The average molecular weight is 405 g/mol. The smallest absolute Gasteiger partial charge is 0.338 e. The summed E-state index contributed by atoms with van der Waals surface area (Å²) in [5.74, 6) is -0.741. The summed E-state index contributed by atoms with van der Waals surface area (Å²) in [6.45, 7) is 6.77. The minimum absolute atomic E-state index is 0.109. The summed E-state index contributed by atoms with van der Waals surface area (Å²) >= 11 is 0. The third kappa shape index (κ3) is 4.18. The van der Waals surface area contributed by atoms with Crippen LogP contribution in [0.25, 0.3) is 22.2 Å². The molecule has 2 unspecified atom stereocenters. The van der Waals surface area contributed by atoms with E-state index in [4.69, 9.17) is 9.26 Å². The van der Waals surface area contributed by atoms with Gasteiger partial charge in [-0.05, 0) is 38.0 Å². The van der Waals surface area contributed by atoms with Crippen LogP contribution < -0.4 is 5.32 Å². The van der Waals surface area contributed by atoms with E-state index >= 15 is 0 Å². The third-order valence-corrected chi connectivity index (χ3v) is 5.17. The summed E-state index contributed by atoms with van der Waals surface area (Å²) in [6, 6.07) is 16.4. The minimum atomic E-state index is -1.06. The molecule has 0 aliphatic heterocycles. The van der Waals surface area contributed by atoms with Crippen LogP contribution in [0.3, 0.4) is 0 Å². The van der Waals surface area contributed by atoms with Crippen LogP contribution in [0, 0.1) is 17.2 Å². The zero-order valence-electron chi connectivity index (χ0n) is 17.3. The minimum Gasteiger partial charge on any atom is -0.449 e. The highest BCUT2D eigenvalue weighted by atomic mass is 16.5. The van der Waals surface area contributed by atoms with Gasteiger partial charge in [0.25, 0.3) is 5.91 Å². The maximum atomic E-state index is 12.6. The molecule has 3 rings (SSSR count). The molecule has 2 atom stereocenters. The maximum Gasteiger partial charge on any atom is 0.338 e. The van der Waals surface area contributed by atoms with Crippen molar-refractivity contribution in [3.8, 4) is 17.4 Å². The Morgan fingerprint density at radius 3 is 2.50 bits per heavy atom. The van der Waals surface area contributed by atoms with Gasteiger partial charge in [0.1, 0.15) is 11.1 Å². The number of carbonyl (C=O) groups is 2. The van der Waals surface area contributed by atoms with Crippen molar-refractivity contribution in [2.24, 2.45) is 5.92 Å². The predicted molar refractivity (Wildman–Crippen MR) is 111 cm³/mol. The van der Waals surface area contributed by atoms with Gasteiger partial charge in [0, 0.05) is 5.56 Å². The summed E-state index contributed by atoms with van der Waals surface area (Å²) < 4.78 is 10.8. The number of esters is 1. The highest BCUT2D eigenvalue weighted by Crippen LogP contribution is 2.29. The van der Waals surface area contributed by atoms with E-state index in [1.54, 1.807) is 25.1 Å². The molecule has 0 aliphatic carbocycles. The van der Waals surface area contributed by atoms with Crippen molar-refractivity contribution in [1.82, 2.24) is 10.5 Å². The number of carbonyl (C=O) groups excluding carboxylic acids is 2. The van der Waals surface area contributed by atoms with E-state index in [1.165, 1.54) is 6.92 Å². The number of amides is 1. The van der Waals surface area contributed by atoms with Gasteiger partial charge in [-0.3, -0.25) is 4.79 Å². The van der Waals surface area contributed by atoms with Crippen LogP contribution in [0.2, 0.25) is 0 Å². The normalized spacial score (nSPS) is 14.0. The molecule has 1 N–H and O–H groups in total. The van der Waals surface area contributed by atoms with E-state index in [1.807, 2.05) is 44.2 Å². The zero-order chi connectivity index (χ0) is 21.9. The highest BCUT2D eigenvalue weighted by Gasteiger charge is 2.32. The molecule has 1 amide bonds. The van der Waals surface area contributed by atoms with Crippen LogP contribution in [0.5, 0.6) is 0 Å². The Hall–Kier alpha value is -3.66. The Kier molecular flexibility index (Phi) is 5.88. The third-order valence-electron chi connectivity index (χ3n) is 5.17. The van der Waals surface area contributed by atoms with Gasteiger partial charge in [0.2, 0.25) is 0 Å². The largest absolute Gasteiger partial charge is 0.449 e. The van der Waals surface area contributed by atoms with E-state index < -0.39 is 23.5 Å². The molecule has 3 aromatic rings. The van der Waals surface area contributed by atoms with Crippen LogP contribution in [0.4, 0.5) is 0 Å². The number of fused-ring (bicyclic) bond motifs is 1. The van der Waals surface area contributed by atoms with Gasteiger partial charge in [0.15, 0.2) is 11.9 Å². The number of nitrogens with one attached hydrogen (secondary N) is 1. The lowest BCUT2D eigenvalue weighted by atomic mass is 9.90. The molecular weight excluding hydrogens is 382 g/mol. The molecule has 0 aliphatic rings. The van der Waals surface area contributed by atoms with Crippen LogP contribution in [-0.4, -0.2) is 28.7 Å². The first-order valence-electron chi connectivity index (χ1n) is 9.64. The molecule has 1 heterocycles. The van der Waals surface area contributed by atoms with Crippen molar-refractivity contribution in [3.05, 3.63) is 54.1 Å². The van der Waals surface area contributed by atoms with E-state index in [0.717, 1.165) is 5.56 Å². The molecule has 0 fully saturated rings. The zero-order valence-corrected chi connectivity index (χ0v) is 17.3. The van der Waals surface area contributed by atoms with Crippen LogP contribution >= 0.6 is 0 Å². The lowest BCUT2D eigenvalue weighted by molar-refractivity contribution is -0.130. The topological polar surface area (TPSA) is 105 Å². The molecular formula is C23H23N3O4. The van der Waals surface area contributed by atoms with Gasteiger partial charge >= 0.3 is 5.97 Å². The number of nitriles is 1. The fourth-order valence-corrected chi connectivity index (χ4v) is 2.81. The van der Waals surface area contributed by atoms with Crippen molar-refractivity contribution in [2.75, 3.05) is 0 Å². The van der Waals surface area contributed by atoms with E-state index in [-0.39, 0.29) is 11.5 Å². The number of nitrogens with zero attached hydrogens (tertiary/aromatic N) is 2. The van der Waals surface area contributed by atoms with Crippen LogP contribution in [0.15, 0.2) is 53.1 Å². The van der Waals surface area contributed by atoms with Crippen molar-refractivity contribution in [1.29, 1.82) is 5.26 Å². The summed E-state index contributed by atoms with van der Waals surface area (Å²) in [7, 11) is 0. The van der Waals surface area contributed by atoms with Gasteiger partial charge in [-0.25, -0.2) is 4.79 Å². The Morgan fingerprint density at radius 2 is 1.87 bits per heavy atom. The van der Waals surface area contributed by atoms with Gasteiger partial charge in [-0.15, -0.1) is 0 Å². The van der Waals surface area contributed by atoms with Crippen molar-refractivity contribution in [2.45, 2.75) is 39.3 Å². The second kappa shape index (κ2) is 8.37. The molecule has 154 valence electrons. The van der Waals surface area contributed by atoms with Crippen molar-refractivity contribution in [3.63, 3.8) is 0 Å². The molecule has 1 aromatic heterocycles. The standard InChI is InChI=1S/C23H23N3O4/c1-14(2)23(4,13-24)25-21(27)15(3)29-22(28)17-10-11-19-18(12-17)20(30-26-19)16-8-6-5-7-9-16/h5-12,14-15H,1-4H3,(H,25,27). The Balaban J connectivity index is 1.78. The Morgan fingerprint density at radius 1 is 1.17 bits per heavy atom. The fourth-order valence-electron chi connectivity index (χ4n) is 2.81. The molecule has 7 heteroatoms. The van der Waals surface area contributed by atoms with E-state index in [9.17, 15) is 14.9 Å². The SMILES string of the molecule is CC(OC(=O)c1ccc2noc(-c3ccccc3)c2c1)C(=O)NC(C)(C#N)C(C)C. The van der Waals surface area contributed by atoms with Crippen molar-refractivity contribution < 1.29 is 18.8 Å². The lowest BCUT2D eigenvalue weighted by Crippen LogP contribution is -2.52. The number of benzene rings is 2. The first-order chi connectivity index (χ1) is 14.2. The van der Waals surface area contributed by atoms with Crippen LogP contribution in [-0.2, 0) is 9.53 Å². The number of aromatic nitrogens is 1. The maximum absolute atomic E-state index is 12.6. The van der Waals surface area contributed by atoms with Crippen LogP contribution in [0.1, 0.15) is 38.1 Å². The number of hydrogen-bond acceptors (Lipinski definition) is 6. The highest BCUT2D eigenvalue weighted by molar-refractivity contribution is 5.99. The first kappa shape index (κ1) is 21.1. The van der Waals surface area contributed by atoms with Gasteiger partial charge in [-0.1, -0.05) is 49.3 Å². The molecule has 30 heavy (non-hydrogen) atoms. The summed E-state index contributed by atoms with van der Waals surface area (Å²) in [6.07, 6.45) is -1.06. The molecule has 2 aromatic carbocycles. The molecule has 0 spiro atoms. The average Bonchev–Trinajstić information content (AvgIpc) is 3.17. The fraction of sp³-hybridized carbons (Fsp3) is 0.304. The molecule has 0 bridgehead atoms. The summed E-state index contributed by atoms with van der Waals surface area (Å²) in [5.41, 5.74) is 0.666. The number of rotatable bonds is 6. The monoisotopic (exact) mass is 405 g/mol. The lowest BCUT2D eigenvalue weighted by Gasteiger charge is -2.28. The number of ether oxygens (including phenoxy) is 1. The Bertz CT molecular complexity index is 1110. The van der Waals surface area contributed by atoms with E-state index in [2.05, 4.69) is 16.5 Å². The van der Waals surface area contributed by atoms with Gasteiger partial charge < -0.3 is 14.6 Å². The molecule has 0 saturated carbocycles. The summed E-state index contributed by atoms with van der Waals surface area (Å²) in [4.78, 5) is 25.1. The summed E-state index contributed by atoms with van der Waals surface area (Å²) in [5, 5.41) is 16.7. The van der Waals surface area contributed by atoms with Gasteiger partial charge in [-0.2, -0.15) is 5.26 Å². The molecule has 0 radical (unpaired) electrons. The second-order valence-corrected chi connectivity index (χ2v) is 7.62. The van der Waals surface area contributed by atoms with Gasteiger partial charge in [0.05, 0.1) is 17.0 Å². The quantitative estimate of drug-likeness (QED) is 0.619. The van der Waals surface area contributed by atoms with Crippen molar-refractivity contribution >= 4 is 22.8 Å². The molecule has 0 saturated heterocycles. The second-order valence-electron chi connectivity index (χ2n) is 7.62.